The molecule has 3 aromatic carbocycles. The molecule has 10 heteroatoms. The summed E-state index contributed by atoms with van der Waals surface area (Å²) >= 11 is 0. The van der Waals surface area contributed by atoms with Crippen molar-refractivity contribution >= 4 is 28.7 Å². The molecule has 10 nitrogen and oxygen atoms in total. The van der Waals surface area contributed by atoms with Gasteiger partial charge >= 0.3 is 11.7 Å². The molecule has 0 unspecified atom stereocenters. The fourth-order valence-corrected chi connectivity index (χ4v) is 4.35. The van der Waals surface area contributed by atoms with Crippen LogP contribution in [-0.4, -0.2) is 38.6 Å². The van der Waals surface area contributed by atoms with Crippen LogP contribution in [0.3, 0.4) is 0 Å². The average molecular weight is 522 g/mol. The number of carboxylic acid groups (broad SMARTS) is 1. The molecule has 0 bridgehead atoms. The predicted octanol–water partition coefficient (Wildman–Crippen LogP) is 4.22. The van der Waals surface area contributed by atoms with Gasteiger partial charge in [0.25, 0.3) is 5.91 Å². The molecule has 0 radical (unpaired) electrons. The van der Waals surface area contributed by atoms with Gasteiger partial charge in [-0.3, -0.25) is 15.6 Å². The quantitative estimate of drug-likeness (QED) is 0.271. The van der Waals surface area contributed by atoms with Gasteiger partial charge in [0.1, 0.15) is 5.75 Å². The maximum atomic E-state index is 13.3. The first kappa shape index (κ1) is 25.2. The van der Waals surface area contributed by atoms with E-state index in [1.165, 1.54) is 11.7 Å². The largest absolute Gasteiger partial charge is 0.497 e. The predicted molar refractivity (Wildman–Crippen MR) is 146 cm³/mol. The number of hydrogen-bond acceptors (Lipinski definition) is 7. The number of rotatable bonds is 7. The number of carbonyl (C=O) groups excluding carboxylic acids is 1. The third-order valence-corrected chi connectivity index (χ3v) is 6.14. The van der Waals surface area contributed by atoms with E-state index in [2.05, 4.69) is 20.8 Å². The molecular formula is C29H23N5O5. The second-order valence-electron chi connectivity index (χ2n) is 8.54. The number of anilines is 1. The van der Waals surface area contributed by atoms with Gasteiger partial charge in [-0.1, -0.05) is 48.5 Å². The van der Waals surface area contributed by atoms with E-state index < -0.39 is 17.6 Å². The lowest BCUT2D eigenvalue weighted by Gasteiger charge is -2.19. The number of methoxy groups -OCH3 is 1. The maximum Gasteiger partial charge on any atom is 0.355 e. The third-order valence-electron chi connectivity index (χ3n) is 6.14. The van der Waals surface area contributed by atoms with E-state index in [9.17, 15) is 19.5 Å². The van der Waals surface area contributed by atoms with Crippen LogP contribution in [0.5, 0.6) is 5.75 Å². The lowest BCUT2D eigenvalue weighted by Crippen LogP contribution is -2.33. The van der Waals surface area contributed by atoms with Crippen LogP contribution in [0.1, 0.15) is 26.4 Å². The Hall–Kier alpha value is -5.51. The highest BCUT2D eigenvalue weighted by Gasteiger charge is 2.25. The number of hydrazine groups is 1. The molecule has 0 aliphatic rings. The molecular weight excluding hydrogens is 498 g/mol. The first-order valence-electron chi connectivity index (χ1n) is 11.9. The number of nitrogens with one attached hydrogen (secondary N) is 2. The first-order valence-corrected chi connectivity index (χ1v) is 11.9. The molecule has 5 rings (SSSR count). The van der Waals surface area contributed by atoms with E-state index in [-0.39, 0.29) is 28.1 Å². The Kier molecular flexibility index (Phi) is 6.75. The molecule has 0 fully saturated rings. The highest BCUT2D eigenvalue weighted by molar-refractivity contribution is 6.10. The number of amides is 1. The molecule has 2 heterocycles. The monoisotopic (exact) mass is 521 g/mol. The fourth-order valence-electron chi connectivity index (χ4n) is 4.35. The van der Waals surface area contributed by atoms with Crippen LogP contribution < -0.4 is 21.3 Å². The van der Waals surface area contributed by atoms with Crippen LogP contribution >= 0.6 is 0 Å². The van der Waals surface area contributed by atoms with Crippen LogP contribution in [-0.2, 0) is 0 Å². The molecule has 0 aliphatic carbocycles. The van der Waals surface area contributed by atoms with Crippen molar-refractivity contribution in [3.63, 3.8) is 0 Å². The van der Waals surface area contributed by atoms with Crippen molar-refractivity contribution in [2.45, 2.75) is 6.92 Å². The molecule has 5 aromatic rings. The van der Waals surface area contributed by atoms with Gasteiger partial charge in [0, 0.05) is 11.1 Å². The number of ether oxygens (including phenoxy) is 1. The molecule has 0 atom stereocenters. The molecule has 2 aromatic heterocycles. The smallest absolute Gasteiger partial charge is 0.355 e. The molecule has 39 heavy (non-hydrogen) atoms. The highest BCUT2D eigenvalue weighted by Crippen LogP contribution is 2.36. The molecule has 0 saturated heterocycles. The van der Waals surface area contributed by atoms with Gasteiger partial charge in [0.15, 0.2) is 11.5 Å². The number of benzene rings is 3. The minimum absolute atomic E-state index is 0.0432. The van der Waals surface area contributed by atoms with Gasteiger partial charge in [-0.15, -0.1) is 0 Å². The number of aromatic nitrogens is 3. The van der Waals surface area contributed by atoms with Crippen LogP contribution in [0.4, 0.5) is 5.82 Å². The van der Waals surface area contributed by atoms with Gasteiger partial charge in [-0.25, -0.2) is 19.1 Å². The zero-order valence-electron chi connectivity index (χ0n) is 21.0. The number of carboxylic acids is 1. The van der Waals surface area contributed by atoms with Crippen LogP contribution in [0.15, 0.2) is 89.7 Å². The first-order chi connectivity index (χ1) is 18.9. The van der Waals surface area contributed by atoms with Crippen molar-refractivity contribution in [2.24, 2.45) is 0 Å². The van der Waals surface area contributed by atoms with Crippen molar-refractivity contribution in [3.05, 3.63) is 112 Å². The minimum atomic E-state index is -1.19. The standard InChI is InChI=1S/C29H23N5O5/c1-17-22(28(36)37)23(18-9-5-3-6-10-18)24-25(32-33-27(35)19-13-15-21(39-2)16-14-19)31-29(38)34(26(24)30-17)20-11-7-4-8-12-20/h3-16H,1-2H3,(H,33,35)(H,36,37)(H,31,32,38). The Morgan fingerprint density at radius 2 is 1.54 bits per heavy atom. The summed E-state index contributed by atoms with van der Waals surface area (Å²) in [6, 6.07) is 24.1. The zero-order chi connectivity index (χ0) is 27.5. The van der Waals surface area contributed by atoms with E-state index in [1.54, 1.807) is 79.7 Å². The molecule has 3 N–H and O–H groups in total. The summed E-state index contributed by atoms with van der Waals surface area (Å²) in [6.45, 7) is 1.58. The third kappa shape index (κ3) is 4.78. The summed E-state index contributed by atoms with van der Waals surface area (Å²) in [6.07, 6.45) is 0. The molecule has 0 spiro atoms. The summed E-state index contributed by atoms with van der Waals surface area (Å²) in [7, 11) is 1.52. The Labute approximate surface area is 222 Å². The van der Waals surface area contributed by atoms with E-state index in [1.807, 2.05) is 12.1 Å². The zero-order valence-corrected chi connectivity index (χ0v) is 21.0. The molecule has 0 saturated carbocycles. The van der Waals surface area contributed by atoms with Crippen molar-refractivity contribution in [3.8, 4) is 22.6 Å². The Bertz CT molecular complexity index is 1750. The number of aromatic carboxylic acids is 1. The number of para-hydroxylation sites is 1. The second kappa shape index (κ2) is 10.5. The normalized spacial score (nSPS) is 10.7. The van der Waals surface area contributed by atoms with E-state index >= 15 is 0 Å². The summed E-state index contributed by atoms with van der Waals surface area (Å²) in [4.78, 5) is 47.5. The average Bonchev–Trinajstić information content (AvgIpc) is 2.95. The van der Waals surface area contributed by atoms with Crippen molar-refractivity contribution in [1.29, 1.82) is 0 Å². The number of carbonyl (C=O) groups is 2. The van der Waals surface area contributed by atoms with Crippen LogP contribution in [0.2, 0.25) is 0 Å². The molecule has 0 aliphatic heterocycles. The van der Waals surface area contributed by atoms with Crippen LogP contribution in [0, 0.1) is 6.92 Å². The van der Waals surface area contributed by atoms with Crippen molar-refractivity contribution in [1.82, 2.24) is 20.0 Å². The van der Waals surface area contributed by atoms with E-state index in [4.69, 9.17) is 4.74 Å². The Morgan fingerprint density at radius 1 is 0.897 bits per heavy atom. The van der Waals surface area contributed by atoms with Gasteiger partial charge in [-0.2, -0.15) is 4.98 Å². The maximum absolute atomic E-state index is 13.3. The second-order valence-corrected chi connectivity index (χ2v) is 8.54. The van der Waals surface area contributed by atoms with Crippen molar-refractivity contribution < 1.29 is 19.4 Å². The summed E-state index contributed by atoms with van der Waals surface area (Å²) in [5, 5.41) is 10.4. The number of nitrogens with zero attached hydrogens (tertiary/aromatic N) is 3. The van der Waals surface area contributed by atoms with Gasteiger partial charge in [0.05, 0.1) is 29.4 Å². The van der Waals surface area contributed by atoms with Crippen molar-refractivity contribution in [2.75, 3.05) is 12.5 Å². The SMILES string of the molecule is COc1ccc(C(=O)NNc2nc(=O)n(-c3ccccc3)c3nc(C)c(C(=O)O)c(-c4ccccc4)c23)cc1. The number of hydrogen-bond donors (Lipinski definition) is 3. The number of fused-ring (bicyclic) bond motifs is 1. The van der Waals surface area contributed by atoms with E-state index in [0.29, 0.717) is 28.1 Å². The molecule has 1 amide bonds. The summed E-state index contributed by atoms with van der Waals surface area (Å²) < 4.78 is 6.45. The highest BCUT2D eigenvalue weighted by atomic mass is 16.5. The summed E-state index contributed by atoms with van der Waals surface area (Å²) in [5.74, 6) is -1.14. The topological polar surface area (TPSA) is 135 Å². The van der Waals surface area contributed by atoms with Gasteiger partial charge in [-0.05, 0) is 48.9 Å². The van der Waals surface area contributed by atoms with Gasteiger partial charge < -0.3 is 9.84 Å². The van der Waals surface area contributed by atoms with E-state index in [0.717, 1.165) is 0 Å². The fraction of sp³-hybridized carbons (Fsp3) is 0.0690. The summed E-state index contributed by atoms with van der Waals surface area (Å²) in [5.41, 5.74) is 6.71. The number of pyridine rings is 1. The Morgan fingerprint density at radius 3 is 2.15 bits per heavy atom. The van der Waals surface area contributed by atoms with Gasteiger partial charge in [0.2, 0.25) is 0 Å². The Balaban J connectivity index is 1.75. The van der Waals surface area contributed by atoms with Crippen LogP contribution in [0.25, 0.3) is 27.8 Å². The minimum Gasteiger partial charge on any atom is -0.497 e. The molecule has 194 valence electrons. The lowest BCUT2D eigenvalue weighted by atomic mass is 9.95. The number of aryl methyl sites for hydroxylation is 1. The lowest BCUT2D eigenvalue weighted by molar-refractivity contribution is 0.0696.